The minimum absolute atomic E-state index is 0. The van der Waals surface area contributed by atoms with Crippen LogP contribution in [0.4, 0.5) is 81.2 Å². The number of carbonyl (C=O) groups excluding carboxylic acids is 2. The second-order valence-corrected chi connectivity index (χ2v) is 37.5. The Hall–Kier alpha value is -8.94. The summed E-state index contributed by atoms with van der Waals surface area (Å²) in [5.74, 6) is -2.02. The van der Waals surface area contributed by atoms with Crippen molar-refractivity contribution in [2.24, 2.45) is 35.9 Å². The van der Waals surface area contributed by atoms with Crippen molar-refractivity contribution >= 4 is 191 Å². The van der Waals surface area contributed by atoms with E-state index in [9.17, 15) is 67.7 Å². The largest absolute Gasteiger partial charge is 1.00 e. The summed E-state index contributed by atoms with van der Waals surface area (Å²) in [4.78, 5) is 92.2. The van der Waals surface area contributed by atoms with Crippen LogP contribution < -0.4 is 193 Å². The Morgan fingerprint density at radius 2 is 0.798 bits per heavy atom. The first-order chi connectivity index (χ1) is 59.9. The second-order valence-electron chi connectivity index (χ2n) is 30.0. The summed E-state index contributed by atoms with van der Waals surface area (Å²) in [7, 11) is -16.5. The van der Waals surface area contributed by atoms with Gasteiger partial charge in [-0.25, -0.2) is 43.7 Å². The van der Waals surface area contributed by atoms with Crippen LogP contribution in [0.25, 0.3) is 44.1 Å². The maximum absolute atomic E-state index is 15.0. The number of aromatic nitrogens is 8. The Morgan fingerprint density at radius 1 is 0.442 bits per heavy atom. The van der Waals surface area contributed by atoms with Gasteiger partial charge in [0.2, 0.25) is 35.7 Å². The monoisotopic (exact) mass is 1900 g/mol. The summed E-state index contributed by atoms with van der Waals surface area (Å²) in [5.41, 5.74) is 11.4. The van der Waals surface area contributed by atoms with Gasteiger partial charge in [-0.1, -0.05) is 72.8 Å². The molecule has 4 aliphatic carbocycles. The number of fused-ring (bicyclic) bond motifs is 6. The first-order valence-electron chi connectivity index (χ1n) is 38.2. The number of nitrogen functional groups attached to an aromatic ring is 2. The zero-order valence-corrected chi connectivity index (χ0v) is 81.7. The number of para-hydroxylation sites is 2. The standard InChI is InChI=1S/C79H68N20O20S6.4Na/c1-98-52-29-27-46(62-64(52)60(40-11-3-5-13-42(40)68(62)100)66(72(98)102)70-86-44-15-7-9-17-56(44)122(106,107)96-70)84-48-32-51(59(125(113,114)115)34-54(48)120-118-116-104)89-79-93-75(81)91-77(95-79)83-39-25-21-37(22-26-39)31-36-19-23-38(24-20-36)82-76-90-74(80)92-78(94-76)88-49-33-50(58(124(110,111)112)35-55(49)121-119-117-105)85-47-28-30-53-65-61(41-12-4-6-14-43(41)69(101)63(47)65)67(73(103)99(53)2)71-87-45-16-8-10-18-57(45)123(108,109)97-71;;;;/h3-18,27-30,32-39,84-85,104-105H,19-26,31H2,1-2H3,(H,86,96)(H,87,97)(H,110,111,112)(H,113,114,115)(H4,80,82,88,90,92,94)(H4,81,83,89,91,93,95);;;;/q;4*+1/p-4. The molecule has 8 aromatic carbocycles. The fraction of sp³-hybridized carbons (Fsp3) is 0.190. The van der Waals surface area contributed by atoms with Crippen molar-refractivity contribution in [3.05, 3.63) is 200 Å². The van der Waals surface area contributed by atoms with E-state index in [1.165, 1.54) is 96.0 Å². The first-order valence-corrected chi connectivity index (χ1v) is 45.4. The number of carbonyl (C=O) groups is 2. The molecule has 0 radical (unpaired) electrons. The third-order valence-corrected chi connectivity index (χ3v) is 28.3. The van der Waals surface area contributed by atoms with Gasteiger partial charge in [0.05, 0.1) is 122 Å². The number of rotatable bonds is 24. The molecule has 0 amide bonds. The molecule has 50 heteroatoms. The molecule has 0 unspecified atom stereocenters. The predicted octanol–water partition coefficient (Wildman–Crippen LogP) is -3.62. The van der Waals surface area contributed by atoms with E-state index in [1.807, 2.05) is 0 Å². The van der Waals surface area contributed by atoms with Crippen molar-refractivity contribution in [2.75, 3.05) is 43.4 Å². The number of nitrogens with one attached hydrogen (secondary N) is 8. The summed E-state index contributed by atoms with van der Waals surface area (Å²) in [5, 5.41) is 48.8. The maximum atomic E-state index is 15.0. The molecule has 18 rings (SSSR count). The third-order valence-electron chi connectivity index (χ3n) is 22.5. The molecule has 2 fully saturated rings. The minimum atomic E-state index is -5.45. The molecule has 0 spiro atoms. The fourth-order valence-electron chi connectivity index (χ4n) is 17.1. The molecule has 129 heavy (non-hydrogen) atoms. The van der Waals surface area contributed by atoms with E-state index in [-0.39, 0.29) is 333 Å². The summed E-state index contributed by atoms with van der Waals surface area (Å²) in [6.45, 7) is 0. The van der Waals surface area contributed by atoms with E-state index < -0.39 is 84.1 Å². The summed E-state index contributed by atoms with van der Waals surface area (Å²) in [6.07, 6.45) is 7.05. The van der Waals surface area contributed by atoms with Gasteiger partial charge in [-0.05, 0) is 154 Å². The fourth-order valence-corrected chi connectivity index (χ4v) is 21.7. The van der Waals surface area contributed by atoms with Gasteiger partial charge in [-0.3, -0.25) is 38.7 Å². The molecule has 6 aliphatic rings. The second kappa shape index (κ2) is 38.3. The Balaban J connectivity index is 0.00000336. The molecule has 2 aliphatic heterocycles. The van der Waals surface area contributed by atoms with Crippen LogP contribution in [0.15, 0.2) is 195 Å². The van der Waals surface area contributed by atoms with Crippen molar-refractivity contribution in [2.45, 2.75) is 99.2 Å². The topological polar surface area (TPSA) is 594 Å². The van der Waals surface area contributed by atoms with Gasteiger partial charge in [0.15, 0.2) is 23.2 Å². The SMILES string of the molecule is Cn1c(=O)c(C2=Nc3ccccc3S(=O)(=O)N2)c2c3c(c(Nc4cc(Nc5nc(N)nc(NC6CCC(CC7CCC(Nc8nc(N)nc(Nc9cc(Nc%10ccc%11c%12c%10C(=O)c%10ccccc%10-c%12c(C%10=Nc%12ccccc%12S(=O)(=O)N%10)c(=O)n%11C)c(S(=O)(=O)[O-])cc9SOO[O-])n8)CC7)CC6)n5)c(S(=O)(=O)[O-])cc4SOO[O-])ccc31)C(=O)c1ccccc1-2.[Na+].[Na+].[Na+].[Na+]. The van der Waals surface area contributed by atoms with E-state index >= 15 is 4.79 Å². The quantitative estimate of drug-likeness (QED) is 0.00918. The number of nitrogens with two attached hydrogens (primary N) is 2. The molecule has 0 saturated heterocycles. The number of pyridine rings is 2. The number of hydrogen-bond donors (Lipinski definition) is 10. The van der Waals surface area contributed by atoms with E-state index in [1.54, 1.807) is 48.5 Å². The zero-order valence-electron chi connectivity index (χ0n) is 68.8. The Labute approximate surface area is 830 Å². The van der Waals surface area contributed by atoms with Crippen molar-refractivity contribution in [1.29, 1.82) is 0 Å². The van der Waals surface area contributed by atoms with Crippen LogP contribution in [0.3, 0.4) is 0 Å². The Kier molecular flexibility index (Phi) is 28.6. The van der Waals surface area contributed by atoms with Gasteiger partial charge in [0, 0.05) is 59.2 Å². The van der Waals surface area contributed by atoms with Crippen LogP contribution in [0.2, 0.25) is 0 Å². The van der Waals surface area contributed by atoms with Crippen LogP contribution in [0.5, 0.6) is 0 Å². The van der Waals surface area contributed by atoms with Gasteiger partial charge in [-0.2, -0.15) is 38.6 Å². The number of nitrogens with zero attached hydrogens (tertiary/aromatic N) is 10. The number of amidine groups is 2. The van der Waals surface area contributed by atoms with E-state index in [0.29, 0.717) is 37.5 Å². The summed E-state index contributed by atoms with van der Waals surface area (Å²) < 4.78 is 151. The van der Waals surface area contributed by atoms with E-state index in [0.717, 1.165) is 56.4 Å². The van der Waals surface area contributed by atoms with Crippen molar-refractivity contribution in [1.82, 2.24) is 48.5 Å². The van der Waals surface area contributed by atoms with Crippen LogP contribution in [-0.2, 0) is 73.1 Å². The average molecular weight is 1900 g/mol. The van der Waals surface area contributed by atoms with Gasteiger partial charge in [-0.15, -0.1) is 0 Å². The van der Waals surface area contributed by atoms with Crippen LogP contribution in [0.1, 0.15) is 101 Å². The number of aliphatic imine (C=N–C) groups is 2. The molecule has 40 nitrogen and oxygen atoms in total. The molecule has 12 N–H and O–H groups in total. The Bertz CT molecular complexity index is 7360. The van der Waals surface area contributed by atoms with E-state index in [4.69, 9.17) is 11.5 Å². The molecule has 2 saturated carbocycles. The van der Waals surface area contributed by atoms with Gasteiger partial charge < -0.3 is 72.1 Å². The minimum Gasteiger partial charge on any atom is -0.744 e. The molecule has 0 bridgehead atoms. The van der Waals surface area contributed by atoms with Crippen LogP contribution >= 0.6 is 24.1 Å². The van der Waals surface area contributed by atoms with Crippen LogP contribution in [-0.4, -0.2) is 117 Å². The summed E-state index contributed by atoms with van der Waals surface area (Å²) >= 11 is 0.452. The number of sulfonamides is 2. The first kappa shape index (κ1) is 96.1. The molecular weight excluding hydrogens is 1830 g/mol. The van der Waals surface area contributed by atoms with Gasteiger partial charge in [0.25, 0.3) is 31.2 Å². The number of hydrogen-bond acceptors (Lipinski definition) is 38. The van der Waals surface area contributed by atoms with Crippen molar-refractivity contribution < 1.29 is 200 Å². The molecule has 640 valence electrons. The molecule has 4 aromatic heterocycles. The normalized spacial score (nSPS) is 17.2. The maximum Gasteiger partial charge on any atom is 1.00 e. The number of anilines is 12. The average Bonchev–Trinajstić information content (AvgIpc) is 0.705. The zero-order chi connectivity index (χ0) is 87.4. The smallest absolute Gasteiger partial charge is 0.744 e. The Morgan fingerprint density at radius 3 is 1.20 bits per heavy atom. The van der Waals surface area contributed by atoms with Gasteiger partial charge in [0.1, 0.15) is 30.0 Å². The molecular formula is C79H64N20Na4O20S6. The number of benzene rings is 8. The predicted molar refractivity (Wildman–Crippen MR) is 452 cm³/mol. The summed E-state index contributed by atoms with van der Waals surface area (Å²) in [6, 6.07) is 34.3. The molecule has 12 aromatic rings. The molecule has 0 atom stereocenters. The molecule has 6 heterocycles. The van der Waals surface area contributed by atoms with E-state index in [2.05, 4.69) is 100.0 Å². The van der Waals surface area contributed by atoms with Gasteiger partial charge >= 0.3 is 118 Å². The van der Waals surface area contributed by atoms with Crippen LogP contribution in [0, 0.1) is 11.8 Å². The number of aryl methyl sites for hydroxylation is 2. The number of ketones is 2. The van der Waals surface area contributed by atoms with Crippen molar-refractivity contribution in [3.8, 4) is 22.3 Å². The van der Waals surface area contributed by atoms with Crippen molar-refractivity contribution in [3.63, 3.8) is 0 Å². The third kappa shape index (κ3) is 18.7.